The summed E-state index contributed by atoms with van der Waals surface area (Å²) >= 11 is 0. The number of aryl methyl sites for hydroxylation is 1. The van der Waals surface area contributed by atoms with Crippen molar-refractivity contribution in [3.05, 3.63) is 35.4 Å². The third-order valence-corrected chi connectivity index (χ3v) is 5.86. The fourth-order valence-electron chi connectivity index (χ4n) is 4.14. The maximum atomic E-state index is 10.5. The third kappa shape index (κ3) is 3.49. The first-order valence-electron chi connectivity index (χ1n) is 9.07. The van der Waals surface area contributed by atoms with Crippen LogP contribution in [0.4, 0.5) is 0 Å². The van der Waals surface area contributed by atoms with E-state index in [1.165, 1.54) is 17.5 Å². The van der Waals surface area contributed by atoms with Crippen molar-refractivity contribution in [1.82, 2.24) is 5.32 Å². The van der Waals surface area contributed by atoms with Crippen LogP contribution in [0.1, 0.15) is 49.7 Å². The highest BCUT2D eigenvalue weighted by Crippen LogP contribution is 2.42. The minimum atomic E-state index is -0.496. The molecule has 24 heavy (non-hydrogen) atoms. The monoisotopic (exact) mass is 328 g/mol. The fourth-order valence-corrected chi connectivity index (χ4v) is 4.14. The Balaban J connectivity index is 1.62. The first kappa shape index (κ1) is 17.4. The molecule has 1 aliphatic carbocycles. The van der Waals surface area contributed by atoms with Gasteiger partial charge in [0, 0.05) is 25.3 Å². The first-order chi connectivity index (χ1) is 11.6. The average Bonchev–Trinajstić information content (AvgIpc) is 2.56. The Hall–Kier alpha value is -1.41. The van der Waals surface area contributed by atoms with Gasteiger partial charge < -0.3 is 15.2 Å². The zero-order chi connectivity index (χ0) is 17.0. The Kier molecular flexibility index (Phi) is 5.24. The molecule has 4 heteroatoms. The maximum absolute atomic E-state index is 10.5. The molecule has 0 aromatic heterocycles. The summed E-state index contributed by atoms with van der Waals surface area (Å²) in [6, 6.07) is 11.0. The van der Waals surface area contributed by atoms with Crippen molar-refractivity contribution in [3.63, 3.8) is 0 Å². The van der Waals surface area contributed by atoms with E-state index < -0.39 is 11.5 Å². The molecule has 0 amide bonds. The molecule has 2 N–H and O–H groups in total. The van der Waals surface area contributed by atoms with Crippen LogP contribution < -0.4 is 5.32 Å². The second-order valence-corrected chi connectivity index (χ2v) is 7.49. The molecule has 0 spiro atoms. The zero-order valence-electron chi connectivity index (χ0n) is 14.6. The second-order valence-electron chi connectivity index (χ2n) is 7.49. The number of aliphatic hydroxyl groups is 1. The van der Waals surface area contributed by atoms with Gasteiger partial charge in [0.2, 0.25) is 0 Å². The van der Waals surface area contributed by atoms with E-state index >= 15 is 0 Å². The van der Waals surface area contributed by atoms with Gasteiger partial charge in [0.15, 0.2) is 0 Å². The SMILES string of the molecule is Cc1ccccc1C1(NCC(O)CC2(C#N)CCOCC2)CCC1. The van der Waals surface area contributed by atoms with E-state index in [0.717, 1.165) is 25.7 Å². The van der Waals surface area contributed by atoms with Crippen LogP contribution in [0, 0.1) is 23.7 Å². The quantitative estimate of drug-likeness (QED) is 0.842. The Bertz CT molecular complexity index is 598. The second kappa shape index (κ2) is 7.23. The van der Waals surface area contributed by atoms with Crippen molar-refractivity contribution in [2.75, 3.05) is 19.8 Å². The Morgan fingerprint density at radius 3 is 2.54 bits per heavy atom. The molecule has 1 saturated carbocycles. The van der Waals surface area contributed by atoms with Crippen molar-refractivity contribution in [2.45, 2.75) is 57.1 Å². The molecule has 4 nitrogen and oxygen atoms in total. The highest BCUT2D eigenvalue weighted by molar-refractivity contribution is 5.34. The first-order valence-corrected chi connectivity index (χ1v) is 9.07. The molecule has 2 aliphatic rings. The van der Waals surface area contributed by atoms with Crippen molar-refractivity contribution < 1.29 is 9.84 Å². The fraction of sp³-hybridized carbons (Fsp3) is 0.650. The minimum Gasteiger partial charge on any atom is -0.392 e. The van der Waals surface area contributed by atoms with E-state index in [4.69, 9.17) is 4.74 Å². The predicted molar refractivity (Wildman–Crippen MR) is 93.4 cm³/mol. The normalized spacial score (nSPS) is 23.0. The van der Waals surface area contributed by atoms with Gasteiger partial charge in [-0.2, -0.15) is 5.26 Å². The summed E-state index contributed by atoms with van der Waals surface area (Å²) in [5.41, 5.74) is 2.23. The van der Waals surface area contributed by atoms with Crippen LogP contribution in [0.25, 0.3) is 0 Å². The Morgan fingerprint density at radius 1 is 1.25 bits per heavy atom. The van der Waals surface area contributed by atoms with E-state index in [-0.39, 0.29) is 5.54 Å². The number of nitrogens with zero attached hydrogens (tertiary/aromatic N) is 1. The van der Waals surface area contributed by atoms with Gasteiger partial charge >= 0.3 is 0 Å². The Morgan fingerprint density at radius 2 is 1.96 bits per heavy atom. The molecule has 0 radical (unpaired) electrons. The molecule has 1 aromatic carbocycles. The highest BCUT2D eigenvalue weighted by atomic mass is 16.5. The van der Waals surface area contributed by atoms with Crippen LogP contribution in [0.5, 0.6) is 0 Å². The molecule has 3 rings (SSSR count). The standard InChI is InChI=1S/C20H28N2O2/c1-16-5-2-3-6-18(16)20(7-4-8-20)22-14-17(23)13-19(15-21)9-11-24-12-10-19/h2-3,5-6,17,22-23H,4,7-14H2,1H3. The number of nitrogens with one attached hydrogen (secondary N) is 1. The van der Waals surface area contributed by atoms with Gasteiger partial charge in [-0.15, -0.1) is 0 Å². The van der Waals surface area contributed by atoms with Gasteiger partial charge in [0.25, 0.3) is 0 Å². The molecule has 1 aliphatic heterocycles. The van der Waals surface area contributed by atoms with E-state index in [1.54, 1.807) is 0 Å². The lowest BCUT2D eigenvalue weighted by molar-refractivity contribution is 0.0109. The lowest BCUT2D eigenvalue weighted by atomic mass is 9.70. The molecule has 1 aromatic rings. The van der Waals surface area contributed by atoms with Gasteiger partial charge in [-0.1, -0.05) is 24.3 Å². The summed E-state index contributed by atoms with van der Waals surface area (Å²) in [6.45, 7) is 3.94. The lowest BCUT2D eigenvalue weighted by Crippen LogP contribution is -2.51. The number of hydrogen-bond acceptors (Lipinski definition) is 4. The van der Waals surface area contributed by atoms with Gasteiger partial charge in [-0.3, -0.25) is 0 Å². The van der Waals surface area contributed by atoms with Crippen LogP contribution in [0.2, 0.25) is 0 Å². The summed E-state index contributed by atoms with van der Waals surface area (Å²) in [5.74, 6) is 0. The van der Waals surface area contributed by atoms with Crippen molar-refractivity contribution in [2.24, 2.45) is 5.41 Å². The average molecular weight is 328 g/mol. The summed E-state index contributed by atoms with van der Waals surface area (Å²) in [5, 5.41) is 23.7. The largest absolute Gasteiger partial charge is 0.392 e. The zero-order valence-corrected chi connectivity index (χ0v) is 14.6. The van der Waals surface area contributed by atoms with E-state index in [1.807, 2.05) is 0 Å². The van der Waals surface area contributed by atoms with Crippen LogP contribution in [-0.4, -0.2) is 31.0 Å². The highest BCUT2D eigenvalue weighted by Gasteiger charge is 2.40. The number of rotatable bonds is 6. The molecule has 1 saturated heterocycles. The number of nitriles is 1. The van der Waals surface area contributed by atoms with Gasteiger partial charge in [0.1, 0.15) is 0 Å². The van der Waals surface area contributed by atoms with E-state index in [0.29, 0.717) is 26.2 Å². The predicted octanol–water partition coefficient (Wildman–Crippen LogP) is 3.04. The molecular formula is C20H28N2O2. The van der Waals surface area contributed by atoms with Crippen molar-refractivity contribution >= 4 is 0 Å². The summed E-state index contributed by atoms with van der Waals surface area (Å²) in [7, 11) is 0. The molecule has 1 heterocycles. The molecule has 2 fully saturated rings. The number of benzene rings is 1. The summed E-state index contributed by atoms with van der Waals surface area (Å²) in [6.07, 6.45) is 4.93. The van der Waals surface area contributed by atoms with E-state index in [2.05, 4.69) is 42.6 Å². The number of hydrogen-bond donors (Lipinski definition) is 2. The number of aliphatic hydroxyl groups excluding tert-OH is 1. The molecule has 0 bridgehead atoms. The summed E-state index contributed by atoms with van der Waals surface area (Å²) < 4.78 is 5.37. The van der Waals surface area contributed by atoms with Gasteiger partial charge in [-0.25, -0.2) is 0 Å². The summed E-state index contributed by atoms with van der Waals surface area (Å²) in [4.78, 5) is 0. The van der Waals surface area contributed by atoms with Crippen LogP contribution in [0.15, 0.2) is 24.3 Å². The van der Waals surface area contributed by atoms with Crippen molar-refractivity contribution in [3.8, 4) is 6.07 Å². The minimum absolute atomic E-state index is 0.00179. The topological polar surface area (TPSA) is 65.3 Å². The smallest absolute Gasteiger partial charge is 0.0692 e. The van der Waals surface area contributed by atoms with Crippen LogP contribution in [-0.2, 0) is 10.3 Å². The molecular weight excluding hydrogens is 300 g/mol. The van der Waals surface area contributed by atoms with Gasteiger partial charge in [0.05, 0.1) is 17.6 Å². The molecule has 1 atom stereocenters. The van der Waals surface area contributed by atoms with Crippen molar-refractivity contribution in [1.29, 1.82) is 5.26 Å². The lowest BCUT2D eigenvalue weighted by Gasteiger charge is -2.45. The molecule has 130 valence electrons. The van der Waals surface area contributed by atoms with Gasteiger partial charge in [-0.05, 0) is 56.6 Å². The molecule has 1 unspecified atom stereocenters. The van der Waals surface area contributed by atoms with Crippen LogP contribution in [0.3, 0.4) is 0 Å². The Labute approximate surface area is 144 Å². The van der Waals surface area contributed by atoms with Crippen LogP contribution >= 0.6 is 0 Å². The third-order valence-electron chi connectivity index (χ3n) is 5.86. The number of ether oxygens (including phenoxy) is 1. The van der Waals surface area contributed by atoms with E-state index in [9.17, 15) is 10.4 Å². The maximum Gasteiger partial charge on any atom is 0.0692 e.